The van der Waals surface area contributed by atoms with Gasteiger partial charge in [0.2, 0.25) is 0 Å². The Morgan fingerprint density at radius 2 is 2.26 bits per heavy atom. The number of ether oxygens (including phenoxy) is 1. The predicted octanol–water partition coefficient (Wildman–Crippen LogP) is 2.44. The number of methoxy groups -OCH3 is 1. The Bertz CT molecular complexity index is 939. The SMILES string of the molecule is COC(=O)c1cn2ncnc(Nc3cccc(C#N)c3)c2c1C. The highest BCUT2D eigenvalue weighted by molar-refractivity contribution is 5.95. The molecule has 23 heavy (non-hydrogen) atoms. The molecule has 1 aromatic carbocycles. The number of nitrogens with zero attached hydrogens (tertiary/aromatic N) is 4. The third kappa shape index (κ3) is 2.58. The van der Waals surface area contributed by atoms with Crippen LogP contribution in [0.3, 0.4) is 0 Å². The maximum Gasteiger partial charge on any atom is 0.339 e. The number of fused-ring (bicyclic) bond motifs is 1. The van der Waals surface area contributed by atoms with Crippen LogP contribution in [-0.4, -0.2) is 27.7 Å². The molecule has 0 amide bonds. The van der Waals surface area contributed by atoms with E-state index in [1.165, 1.54) is 13.4 Å². The largest absolute Gasteiger partial charge is 0.465 e. The van der Waals surface area contributed by atoms with Crippen molar-refractivity contribution in [1.29, 1.82) is 5.26 Å². The van der Waals surface area contributed by atoms with Gasteiger partial charge in [0.1, 0.15) is 11.8 Å². The summed E-state index contributed by atoms with van der Waals surface area (Å²) in [6.07, 6.45) is 3.00. The lowest BCUT2D eigenvalue weighted by Crippen LogP contribution is -2.01. The molecule has 0 unspecified atom stereocenters. The first kappa shape index (κ1) is 14.5. The molecule has 3 aromatic rings. The number of aromatic nitrogens is 3. The van der Waals surface area contributed by atoms with Crippen LogP contribution in [0.2, 0.25) is 0 Å². The van der Waals surface area contributed by atoms with E-state index in [0.29, 0.717) is 22.5 Å². The number of carbonyl (C=O) groups excluding carboxylic acids is 1. The highest BCUT2D eigenvalue weighted by Crippen LogP contribution is 2.25. The number of nitriles is 1. The van der Waals surface area contributed by atoms with Gasteiger partial charge in [-0.05, 0) is 30.7 Å². The van der Waals surface area contributed by atoms with Crippen molar-refractivity contribution >= 4 is 23.0 Å². The van der Waals surface area contributed by atoms with Gasteiger partial charge in [0.25, 0.3) is 0 Å². The molecule has 0 radical (unpaired) electrons. The molecule has 0 spiro atoms. The van der Waals surface area contributed by atoms with Crippen molar-refractivity contribution in [1.82, 2.24) is 14.6 Å². The molecule has 114 valence electrons. The van der Waals surface area contributed by atoms with E-state index in [9.17, 15) is 4.79 Å². The standard InChI is InChI=1S/C16H13N5O2/c1-10-13(16(22)23-2)8-21-14(10)15(18-9-19-21)20-12-5-3-4-11(6-12)7-17/h3-6,8-9H,1-2H3,(H,18,19,20). The molecular formula is C16H13N5O2. The summed E-state index contributed by atoms with van der Waals surface area (Å²) in [5, 5.41) is 16.3. The van der Waals surface area contributed by atoms with E-state index < -0.39 is 5.97 Å². The number of hydrogen-bond acceptors (Lipinski definition) is 6. The summed E-state index contributed by atoms with van der Waals surface area (Å²) >= 11 is 0. The topological polar surface area (TPSA) is 92.3 Å². The maximum atomic E-state index is 11.8. The first-order valence-electron chi connectivity index (χ1n) is 6.82. The number of nitrogens with one attached hydrogen (secondary N) is 1. The van der Waals surface area contributed by atoms with Crippen molar-refractivity contribution < 1.29 is 9.53 Å². The van der Waals surface area contributed by atoms with Crippen molar-refractivity contribution in [2.24, 2.45) is 0 Å². The Hall–Kier alpha value is -3.40. The molecule has 0 atom stereocenters. The van der Waals surface area contributed by atoms with E-state index in [2.05, 4.69) is 21.5 Å². The van der Waals surface area contributed by atoms with Crippen LogP contribution >= 0.6 is 0 Å². The number of anilines is 2. The zero-order valence-corrected chi connectivity index (χ0v) is 12.6. The van der Waals surface area contributed by atoms with Crippen molar-refractivity contribution in [3.05, 3.63) is 53.5 Å². The van der Waals surface area contributed by atoms with Crippen molar-refractivity contribution in [3.8, 4) is 6.07 Å². The van der Waals surface area contributed by atoms with E-state index in [4.69, 9.17) is 10.00 Å². The first-order valence-corrected chi connectivity index (χ1v) is 6.82. The minimum Gasteiger partial charge on any atom is -0.465 e. The summed E-state index contributed by atoms with van der Waals surface area (Å²) in [4.78, 5) is 16.1. The normalized spacial score (nSPS) is 10.3. The van der Waals surface area contributed by atoms with Gasteiger partial charge in [-0.15, -0.1) is 0 Å². The number of esters is 1. The van der Waals surface area contributed by atoms with Crippen LogP contribution in [0.15, 0.2) is 36.8 Å². The van der Waals surface area contributed by atoms with Gasteiger partial charge in [-0.2, -0.15) is 10.4 Å². The van der Waals surface area contributed by atoms with Crippen LogP contribution in [0.25, 0.3) is 5.52 Å². The zero-order valence-electron chi connectivity index (χ0n) is 12.6. The van der Waals surface area contributed by atoms with Crippen molar-refractivity contribution in [2.45, 2.75) is 6.92 Å². The zero-order chi connectivity index (χ0) is 16.4. The summed E-state index contributed by atoms with van der Waals surface area (Å²) in [5.41, 5.74) is 3.10. The van der Waals surface area contributed by atoms with E-state index in [-0.39, 0.29) is 0 Å². The fourth-order valence-electron chi connectivity index (χ4n) is 2.37. The van der Waals surface area contributed by atoms with Crippen LogP contribution in [0.1, 0.15) is 21.5 Å². The van der Waals surface area contributed by atoms with Crippen LogP contribution in [0.5, 0.6) is 0 Å². The number of rotatable bonds is 3. The molecule has 0 aliphatic rings. The Labute approximate surface area is 132 Å². The molecule has 0 bridgehead atoms. The number of aryl methyl sites for hydroxylation is 1. The second-order valence-corrected chi connectivity index (χ2v) is 4.88. The van der Waals surface area contributed by atoms with Gasteiger partial charge in [0.05, 0.1) is 24.3 Å². The van der Waals surface area contributed by atoms with Gasteiger partial charge in [-0.3, -0.25) is 0 Å². The van der Waals surface area contributed by atoms with E-state index in [0.717, 1.165) is 11.3 Å². The molecule has 0 saturated heterocycles. The molecule has 2 aromatic heterocycles. The Morgan fingerprint density at radius 3 is 3.00 bits per heavy atom. The first-order chi connectivity index (χ1) is 11.1. The van der Waals surface area contributed by atoms with Crippen LogP contribution in [-0.2, 0) is 4.74 Å². The van der Waals surface area contributed by atoms with Crippen LogP contribution < -0.4 is 5.32 Å². The number of carbonyl (C=O) groups is 1. The molecule has 0 aliphatic carbocycles. The van der Waals surface area contributed by atoms with Crippen molar-refractivity contribution in [2.75, 3.05) is 12.4 Å². The molecule has 7 nitrogen and oxygen atoms in total. The fourth-order valence-corrected chi connectivity index (χ4v) is 2.37. The lowest BCUT2D eigenvalue weighted by Gasteiger charge is -2.08. The fraction of sp³-hybridized carbons (Fsp3) is 0.125. The molecule has 1 N–H and O–H groups in total. The maximum absolute atomic E-state index is 11.8. The number of hydrogen-bond donors (Lipinski definition) is 1. The minimum atomic E-state index is -0.426. The lowest BCUT2D eigenvalue weighted by atomic mass is 10.2. The Morgan fingerprint density at radius 1 is 1.43 bits per heavy atom. The van der Waals surface area contributed by atoms with E-state index >= 15 is 0 Å². The monoisotopic (exact) mass is 307 g/mol. The highest BCUT2D eigenvalue weighted by Gasteiger charge is 2.18. The van der Waals surface area contributed by atoms with Crippen LogP contribution in [0.4, 0.5) is 11.5 Å². The van der Waals surface area contributed by atoms with Gasteiger partial charge in [-0.25, -0.2) is 14.3 Å². The summed E-state index contributed by atoms with van der Waals surface area (Å²) in [6, 6.07) is 9.14. The summed E-state index contributed by atoms with van der Waals surface area (Å²) < 4.78 is 6.35. The van der Waals surface area contributed by atoms with E-state index in [1.807, 2.05) is 13.0 Å². The third-order valence-electron chi connectivity index (χ3n) is 3.49. The van der Waals surface area contributed by atoms with E-state index in [1.54, 1.807) is 28.9 Å². The quantitative estimate of drug-likeness (QED) is 0.747. The molecule has 0 saturated carbocycles. The predicted molar refractivity (Wildman–Crippen MR) is 83.5 cm³/mol. The van der Waals surface area contributed by atoms with Gasteiger partial charge >= 0.3 is 5.97 Å². The minimum absolute atomic E-state index is 0.426. The van der Waals surface area contributed by atoms with Crippen molar-refractivity contribution in [3.63, 3.8) is 0 Å². The van der Waals surface area contributed by atoms with Gasteiger partial charge in [-0.1, -0.05) is 6.07 Å². The average Bonchev–Trinajstić information content (AvgIpc) is 2.92. The average molecular weight is 307 g/mol. The molecule has 3 rings (SSSR count). The molecule has 7 heteroatoms. The molecule has 2 heterocycles. The summed E-state index contributed by atoms with van der Waals surface area (Å²) in [6.45, 7) is 1.81. The Kier molecular flexibility index (Phi) is 3.65. The van der Waals surface area contributed by atoms with Gasteiger partial charge < -0.3 is 10.1 Å². The molecule has 0 fully saturated rings. The second-order valence-electron chi connectivity index (χ2n) is 4.88. The third-order valence-corrected chi connectivity index (χ3v) is 3.49. The molecule has 0 aliphatic heterocycles. The van der Waals surface area contributed by atoms with Gasteiger partial charge in [0, 0.05) is 11.9 Å². The Balaban J connectivity index is 2.09. The summed E-state index contributed by atoms with van der Waals surface area (Å²) in [5.74, 6) is 0.119. The summed E-state index contributed by atoms with van der Waals surface area (Å²) in [7, 11) is 1.34. The smallest absolute Gasteiger partial charge is 0.339 e. The van der Waals surface area contributed by atoms with Gasteiger partial charge in [0.15, 0.2) is 5.82 Å². The highest BCUT2D eigenvalue weighted by atomic mass is 16.5. The lowest BCUT2D eigenvalue weighted by molar-refractivity contribution is 0.0600. The second kappa shape index (κ2) is 5.77. The number of benzene rings is 1. The molecular weight excluding hydrogens is 294 g/mol. The van der Waals surface area contributed by atoms with Crippen LogP contribution in [0, 0.1) is 18.3 Å².